The maximum Gasteiger partial charge on any atom is 0.244 e. The summed E-state index contributed by atoms with van der Waals surface area (Å²) < 4.78 is 0. The summed E-state index contributed by atoms with van der Waals surface area (Å²) in [5.41, 5.74) is 1.72. The van der Waals surface area contributed by atoms with Crippen LogP contribution in [0.5, 0.6) is 0 Å². The Labute approximate surface area is 137 Å². The van der Waals surface area contributed by atoms with Crippen molar-refractivity contribution in [2.24, 2.45) is 5.92 Å². The van der Waals surface area contributed by atoms with Crippen molar-refractivity contribution in [3.05, 3.63) is 16.0 Å². The van der Waals surface area contributed by atoms with Gasteiger partial charge in [-0.25, -0.2) is 0 Å². The van der Waals surface area contributed by atoms with Gasteiger partial charge in [0.05, 0.1) is 17.2 Å². The third kappa shape index (κ3) is 2.99. The van der Waals surface area contributed by atoms with E-state index in [1.54, 1.807) is 4.90 Å². The Bertz CT molecular complexity index is 662. The number of hydrogen-bond acceptors (Lipinski definition) is 5. The number of nitriles is 1. The minimum Gasteiger partial charge on any atom is -0.323 e. The number of amides is 2. The Morgan fingerprint density at radius 1 is 1.55 bits per heavy atom. The van der Waals surface area contributed by atoms with Crippen LogP contribution in [0.25, 0.3) is 0 Å². The molecule has 1 N–H and O–H groups in total. The summed E-state index contributed by atoms with van der Waals surface area (Å²) in [5.74, 6) is 1.41. The van der Waals surface area contributed by atoms with Crippen LogP contribution in [0, 0.1) is 17.2 Å². The van der Waals surface area contributed by atoms with Crippen LogP contribution in [0.15, 0.2) is 0 Å². The van der Waals surface area contributed by atoms with Crippen LogP contribution in [0.1, 0.15) is 29.3 Å². The number of carbonyl (C=O) groups excluding carboxylic acids is 2. The lowest BCUT2D eigenvalue weighted by atomic mass is 9.89. The first kappa shape index (κ1) is 15.4. The van der Waals surface area contributed by atoms with Crippen molar-refractivity contribution in [2.75, 3.05) is 23.5 Å². The third-order valence-corrected chi connectivity index (χ3v) is 6.15. The van der Waals surface area contributed by atoms with E-state index in [0.29, 0.717) is 28.1 Å². The van der Waals surface area contributed by atoms with Crippen molar-refractivity contribution in [2.45, 2.75) is 26.2 Å². The Balaban J connectivity index is 1.73. The van der Waals surface area contributed by atoms with Crippen LogP contribution in [-0.4, -0.2) is 34.9 Å². The summed E-state index contributed by atoms with van der Waals surface area (Å²) in [4.78, 5) is 26.5. The van der Waals surface area contributed by atoms with Crippen LogP contribution in [0.4, 0.5) is 5.00 Å². The first-order chi connectivity index (χ1) is 10.6. The van der Waals surface area contributed by atoms with Gasteiger partial charge < -0.3 is 10.2 Å². The highest BCUT2D eigenvalue weighted by Crippen LogP contribution is 2.39. The van der Waals surface area contributed by atoms with Gasteiger partial charge in [-0.3, -0.25) is 9.59 Å². The molecule has 1 unspecified atom stereocenters. The standard InChI is InChI=1S/C15H17N3O2S2/c1-9-2-3-10-11(5-16)15(22-12(10)4-9)17-13(19)6-18-8-21-7-14(18)20/h9H,2-4,6-8H2,1H3,(H,17,19). The van der Waals surface area contributed by atoms with Gasteiger partial charge in [0.1, 0.15) is 17.6 Å². The predicted octanol–water partition coefficient (Wildman–Crippen LogP) is 2.22. The largest absolute Gasteiger partial charge is 0.323 e. The molecule has 5 nitrogen and oxygen atoms in total. The maximum absolute atomic E-state index is 12.1. The summed E-state index contributed by atoms with van der Waals surface area (Å²) in [6.07, 6.45) is 2.98. The molecule has 22 heavy (non-hydrogen) atoms. The molecule has 2 amide bonds. The normalized spacial score (nSPS) is 20.6. The van der Waals surface area contributed by atoms with E-state index in [1.807, 2.05) is 0 Å². The Morgan fingerprint density at radius 2 is 2.36 bits per heavy atom. The number of rotatable bonds is 3. The maximum atomic E-state index is 12.1. The highest BCUT2D eigenvalue weighted by molar-refractivity contribution is 8.00. The fourth-order valence-electron chi connectivity index (χ4n) is 2.84. The molecule has 1 fully saturated rings. The predicted molar refractivity (Wildman–Crippen MR) is 87.9 cm³/mol. The topological polar surface area (TPSA) is 73.2 Å². The molecule has 116 valence electrons. The minimum absolute atomic E-state index is 0.0000412. The number of carbonyl (C=O) groups is 2. The zero-order valence-electron chi connectivity index (χ0n) is 12.3. The SMILES string of the molecule is CC1CCc2c(sc(NC(=O)CN3CSCC3=O)c2C#N)C1. The lowest BCUT2D eigenvalue weighted by molar-refractivity contribution is -0.130. The molecule has 3 rings (SSSR count). The van der Waals surface area contributed by atoms with Crippen molar-refractivity contribution in [1.82, 2.24) is 4.90 Å². The third-order valence-electron chi connectivity index (χ3n) is 4.04. The molecule has 1 aromatic heterocycles. The molecule has 1 saturated heterocycles. The van der Waals surface area contributed by atoms with E-state index >= 15 is 0 Å². The fourth-order valence-corrected chi connectivity index (χ4v) is 5.12. The number of anilines is 1. The van der Waals surface area contributed by atoms with E-state index in [2.05, 4.69) is 18.3 Å². The van der Waals surface area contributed by atoms with E-state index in [-0.39, 0.29) is 18.4 Å². The summed E-state index contributed by atoms with van der Waals surface area (Å²) in [7, 11) is 0. The molecule has 1 aliphatic heterocycles. The molecule has 0 aromatic carbocycles. The lowest BCUT2D eigenvalue weighted by Gasteiger charge is -2.17. The van der Waals surface area contributed by atoms with Crippen LogP contribution in [0.2, 0.25) is 0 Å². The molecular formula is C15H17N3O2S2. The average molecular weight is 335 g/mol. The van der Waals surface area contributed by atoms with E-state index in [0.717, 1.165) is 24.8 Å². The van der Waals surface area contributed by atoms with E-state index in [9.17, 15) is 14.9 Å². The van der Waals surface area contributed by atoms with Crippen molar-refractivity contribution in [3.63, 3.8) is 0 Å². The molecule has 1 aromatic rings. The van der Waals surface area contributed by atoms with E-state index in [4.69, 9.17) is 0 Å². The molecular weight excluding hydrogens is 318 g/mol. The smallest absolute Gasteiger partial charge is 0.244 e. The van der Waals surface area contributed by atoms with Crippen LogP contribution in [-0.2, 0) is 22.4 Å². The second kappa shape index (κ2) is 6.31. The molecule has 7 heteroatoms. The van der Waals surface area contributed by atoms with Crippen LogP contribution >= 0.6 is 23.1 Å². The Hall–Kier alpha value is -1.52. The van der Waals surface area contributed by atoms with Gasteiger partial charge in [0.15, 0.2) is 0 Å². The van der Waals surface area contributed by atoms with E-state index in [1.165, 1.54) is 28.0 Å². The van der Waals surface area contributed by atoms with Gasteiger partial charge in [-0.15, -0.1) is 23.1 Å². The first-order valence-corrected chi connectivity index (χ1v) is 9.25. The zero-order valence-corrected chi connectivity index (χ0v) is 14.0. The van der Waals surface area contributed by atoms with Gasteiger partial charge in [0.25, 0.3) is 0 Å². The molecule has 0 radical (unpaired) electrons. The first-order valence-electron chi connectivity index (χ1n) is 7.28. The van der Waals surface area contributed by atoms with Crippen molar-refractivity contribution in [1.29, 1.82) is 5.26 Å². The van der Waals surface area contributed by atoms with Gasteiger partial charge in [-0.1, -0.05) is 6.92 Å². The summed E-state index contributed by atoms with van der Waals surface area (Å²) in [6.45, 7) is 2.28. The highest BCUT2D eigenvalue weighted by Gasteiger charge is 2.26. The Kier molecular flexibility index (Phi) is 4.41. The summed E-state index contributed by atoms with van der Waals surface area (Å²) >= 11 is 3.03. The van der Waals surface area contributed by atoms with Crippen molar-refractivity contribution in [3.8, 4) is 6.07 Å². The average Bonchev–Trinajstić information content (AvgIpc) is 3.01. The van der Waals surface area contributed by atoms with Crippen LogP contribution < -0.4 is 5.32 Å². The molecule has 1 atom stereocenters. The molecule has 1 aliphatic carbocycles. The van der Waals surface area contributed by atoms with Gasteiger partial charge >= 0.3 is 0 Å². The molecule has 0 bridgehead atoms. The molecule has 2 aliphatic rings. The zero-order chi connectivity index (χ0) is 15.7. The number of thiophene rings is 1. The molecule has 0 saturated carbocycles. The quantitative estimate of drug-likeness (QED) is 0.919. The van der Waals surface area contributed by atoms with Gasteiger partial charge in [0.2, 0.25) is 11.8 Å². The molecule has 0 spiro atoms. The number of thioether (sulfide) groups is 1. The fraction of sp³-hybridized carbons (Fsp3) is 0.533. The number of nitrogens with zero attached hydrogens (tertiary/aromatic N) is 2. The van der Waals surface area contributed by atoms with Gasteiger partial charge in [-0.2, -0.15) is 5.26 Å². The van der Waals surface area contributed by atoms with Crippen molar-refractivity contribution < 1.29 is 9.59 Å². The number of nitrogens with one attached hydrogen (secondary N) is 1. The number of fused-ring (bicyclic) bond motifs is 1. The lowest BCUT2D eigenvalue weighted by Crippen LogP contribution is -2.34. The second-order valence-corrected chi connectivity index (χ2v) is 7.85. The Morgan fingerprint density at radius 3 is 3.05 bits per heavy atom. The van der Waals surface area contributed by atoms with Gasteiger partial charge in [0, 0.05) is 4.88 Å². The second-order valence-electron chi connectivity index (χ2n) is 5.79. The van der Waals surface area contributed by atoms with Crippen molar-refractivity contribution >= 4 is 39.9 Å². The van der Waals surface area contributed by atoms with E-state index < -0.39 is 0 Å². The summed E-state index contributed by atoms with van der Waals surface area (Å²) in [6, 6.07) is 2.24. The number of hydrogen-bond donors (Lipinski definition) is 1. The highest BCUT2D eigenvalue weighted by atomic mass is 32.2. The van der Waals surface area contributed by atoms with Gasteiger partial charge in [-0.05, 0) is 30.7 Å². The monoisotopic (exact) mass is 335 g/mol. The molecule has 2 heterocycles. The van der Waals surface area contributed by atoms with Crippen LogP contribution in [0.3, 0.4) is 0 Å². The summed E-state index contributed by atoms with van der Waals surface area (Å²) in [5, 5.41) is 12.9. The minimum atomic E-state index is -0.223.